The van der Waals surface area contributed by atoms with Gasteiger partial charge >= 0.3 is 0 Å². The molecule has 2 aromatic heterocycles. The number of aromatic nitrogens is 2. The summed E-state index contributed by atoms with van der Waals surface area (Å²) in [5.41, 5.74) is 2.95. The second-order valence-electron chi connectivity index (χ2n) is 8.40. The zero-order valence-corrected chi connectivity index (χ0v) is 18.8. The van der Waals surface area contributed by atoms with Crippen molar-refractivity contribution in [2.75, 3.05) is 40.5 Å². The van der Waals surface area contributed by atoms with Crippen molar-refractivity contribution in [2.24, 2.45) is 0 Å². The Morgan fingerprint density at radius 2 is 2.23 bits per heavy atom. The van der Waals surface area contributed by atoms with Crippen molar-refractivity contribution in [2.45, 2.75) is 57.3 Å². The number of unbranched alkanes of at least 4 members (excludes halogenated alkanes) is 1. The normalized spacial score (nSPS) is 20.0. The monoisotopic (exact) mass is 430 g/mol. The lowest BCUT2D eigenvalue weighted by Crippen LogP contribution is -2.50. The van der Waals surface area contributed by atoms with Crippen LogP contribution in [-0.2, 0) is 20.8 Å². The van der Waals surface area contributed by atoms with Crippen LogP contribution in [0.4, 0.5) is 0 Å². The Morgan fingerprint density at radius 1 is 1.39 bits per heavy atom. The van der Waals surface area contributed by atoms with Gasteiger partial charge in [0.25, 0.3) is 5.91 Å². The summed E-state index contributed by atoms with van der Waals surface area (Å²) in [6.45, 7) is 5.64. The molecule has 4 rings (SSSR count). The lowest BCUT2D eigenvalue weighted by Gasteiger charge is -2.34. The number of amides is 1. The van der Waals surface area contributed by atoms with Crippen LogP contribution in [0.1, 0.15) is 44.2 Å². The summed E-state index contributed by atoms with van der Waals surface area (Å²) >= 11 is 0. The number of fused-ring (bicyclic) bond motifs is 1. The van der Waals surface area contributed by atoms with E-state index in [0.29, 0.717) is 13.2 Å². The van der Waals surface area contributed by atoms with Crippen molar-refractivity contribution in [3.63, 3.8) is 0 Å². The van der Waals surface area contributed by atoms with E-state index in [4.69, 9.17) is 19.2 Å². The van der Waals surface area contributed by atoms with Crippen LogP contribution in [0.5, 0.6) is 5.75 Å². The number of nitrogens with zero attached hydrogens (tertiary/aromatic N) is 3. The molecule has 2 aromatic rings. The number of hydrogen-bond donors (Lipinski definition) is 1. The van der Waals surface area contributed by atoms with Gasteiger partial charge in [-0.2, -0.15) is 0 Å². The molecule has 1 saturated heterocycles. The van der Waals surface area contributed by atoms with E-state index in [1.54, 1.807) is 20.4 Å². The molecule has 0 spiro atoms. The van der Waals surface area contributed by atoms with Crippen LogP contribution >= 0.6 is 0 Å². The van der Waals surface area contributed by atoms with Gasteiger partial charge in [0, 0.05) is 63.4 Å². The Bertz CT molecular complexity index is 889. The number of nitrogens with one attached hydrogen (secondary N) is 1. The maximum atomic E-state index is 13.4. The zero-order valence-electron chi connectivity index (χ0n) is 18.8. The van der Waals surface area contributed by atoms with Gasteiger partial charge in [-0.15, -0.1) is 0 Å². The molecule has 1 aliphatic carbocycles. The van der Waals surface area contributed by atoms with E-state index in [-0.39, 0.29) is 18.0 Å². The number of aryl methyl sites for hydroxylation is 1. The van der Waals surface area contributed by atoms with E-state index in [0.717, 1.165) is 67.7 Å². The smallest absolute Gasteiger partial charge is 0.253 e. The van der Waals surface area contributed by atoms with Crippen molar-refractivity contribution >= 4 is 16.9 Å². The molecule has 31 heavy (non-hydrogen) atoms. The second-order valence-corrected chi connectivity index (χ2v) is 8.40. The van der Waals surface area contributed by atoms with Crippen LogP contribution in [0.15, 0.2) is 18.5 Å². The zero-order chi connectivity index (χ0) is 21.8. The molecule has 8 heteroatoms. The SMILES string of the molecule is COCCCCn1cc([C@@H](C)N(C(=O)[C@H]2CNCCO2)C2CC2)c2nccc(OC)c21. The van der Waals surface area contributed by atoms with E-state index >= 15 is 0 Å². The fraction of sp³-hybridized carbons (Fsp3) is 0.652. The van der Waals surface area contributed by atoms with Crippen molar-refractivity contribution in [3.8, 4) is 5.75 Å². The Labute approximate surface area is 183 Å². The van der Waals surface area contributed by atoms with E-state index in [9.17, 15) is 4.79 Å². The van der Waals surface area contributed by atoms with Gasteiger partial charge in [-0.05, 0) is 32.6 Å². The number of pyridine rings is 1. The molecule has 0 bridgehead atoms. The first-order valence-corrected chi connectivity index (χ1v) is 11.3. The number of carbonyl (C=O) groups is 1. The molecule has 0 unspecified atom stereocenters. The topological polar surface area (TPSA) is 77.9 Å². The molecule has 170 valence electrons. The molecule has 2 fully saturated rings. The highest BCUT2D eigenvalue weighted by molar-refractivity contribution is 5.87. The lowest BCUT2D eigenvalue weighted by molar-refractivity contribution is -0.148. The number of morpholine rings is 1. The third-order valence-corrected chi connectivity index (χ3v) is 6.23. The molecule has 1 N–H and O–H groups in total. The first-order valence-electron chi connectivity index (χ1n) is 11.3. The molecule has 1 aliphatic heterocycles. The predicted molar refractivity (Wildman–Crippen MR) is 118 cm³/mol. The molecular weight excluding hydrogens is 396 g/mol. The molecule has 0 radical (unpaired) electrons. The number of hydrogen-bond acceptors (Lipinski definition) is 6. The minimum Gasteiger partial charge on any atom is -0.494 e. The fourth-order valence-corrected chi connectivity index (χ4v) is 4.47. The number of carbonyl (C=O) groups excluding carboxylic acids is 1. The van der Waals surface area contributed by atoms with Gasteiger partial charge in [-0.25, -0.2) is 0 Å². The van der Waals surface area contributed by atoms with Crippen molar-refractivity contribution in [1.82, 2.24) is 19.8 Å². The van der Waals surface area contributed by atoms with E-state index in [2.05, 4.69) is 23.0 Å². The van der Waals surface area contributed by atoms with Gasteiger partial charge in [0.2, 0.25) is 0 Å². The Hall–Kier alpha value is -2.16. The van der Waals surface area contributed by atoms with Crippen molar-refractivity contribution in [3.05, 3.63) is 24.0 Å². The molecule has 2 atom stereocenters. The highest BCUT2D eigenvalue weighted by atomic mass is 16.5. The average molecular weight is 431 g/mol. The summed E-state index contributed by atoms with van der Waals surface area (Å²) in [5.74, 6) is 0.880. The third-order valence-electron chi connectivity index (χ3n) is 6.23. The number of methoxy groups -OCH3 is 2. The Balaban J connectivity index is 1.65. The largest absolute Gasteiger partial charge is 0.494 e. The van der Waals surface area contributed by atoms with Gasteiger partial charge in [0.15, 0.2) is 0 Å². The molecule has 1 amide bonds. The third kappa shape index (κ3) is 4.71. The predicted octanol–water partition coefficient (Wildman–Crippen LogP) is 2.51. The summed E-state index contributed by atoms with van der Waals surface area (Å²) in [6.07, 6.45) is 7.59. The first-order chi connectivity index (χ1) is 15.2. The molecule has 2 aliphatic rings. The summed E-state index contributed by atoms with van der Waals surface area (Å²) in [6, 6.07) is 2.08. The second kappa shape index (κ2) is 9.97. The van der Waals surface area contributed by atoms with E-state index < -0.39 is 6.10 Å². The molecule has 8 nitrogen and oxygen atoms in total. The van der Waals surface area contributed by atoms with Crippen molar-refractivity contribution < 1.29 is 19.0 Å². The molecule has 0 aromatic carbocycles. The highest BCUT2D eigenvalue weighted by Crippen LogP contribution is 2.39. The number of rotatable bonds is 10. The minimum atomic E-state index is -0.415. The lowest BCUT2D eigenvalue weighted by atomic mass is 10.1. The quantitative estimate of drug-likeness (QED) is 0.584. The Kier molecular flexibility index (Phi) is 7.09. The van der Waals surface area contributed by atoms with Gasteiger partial charge < -0.3 is 29.0 Å². The molecular formula is C23H34N4O4. The summed E-state index contributed by atoms with van der Waals surface area (Å²) in [7, 11) is 3.42. The summed E-state index contributed by atoms with van der Waals surface area (Å²) in [4.78, 5) is 20.1. The molecule has 3 heterocycles. The van der Waals surface area contributed by atoms with Crippen LogP contribution in [0.3, 0.4) is 0 Å². The average Bonchev–Trinajstić information content (AvgIpc) is 3.57. The van der Waals surface area contributed by atoms with Crippen LogP contribution < -0.4 is 10.1 Å². The summed E-state index contributed by atoms with van der Waals surface area (Å²) in [5, 5.41) is 3.28. The van der Waals surface area contributed by atoms with Gasteiger partial charge in [0.05, 0.1) is 25.3 Å². The summed E-state index contributed by atoms with van der Waals surface area (Å²) < 4.78 is 18.9. The molecule has 1 saturated carbocycles. The van der Waals surface area contributed by atoms with Crippen LogP contribution in [0.25, 0.3) is 11.0 Å². The maximum absolute atomic E-state index is 13.4. The van der Waals surface area contributed by atoms with Crippen molar-refractivity contribution in [1.29, 1.82) is 0 Å². The van der Waals surface area contributed by atoms with Crippen LogP contribution in [0.2, 0.25) is 0 Å². The number of ether oxygens (including phenoxy) is 3. The van der Waals surface area contributed by atoms with Crippen LogP contribution in [0, 0.1) is 0 Å². The maximum Gasteiger partial charge on any atom is 0.253 e. The standard InChI is InChI=1S/C23H34N4O4/c1-16(27(17-6-7-17)23(28)20-14-24-10-13-31-20)18-15-26(11-4-5-12-29-2)22-19(30-3)8-9-25-21(18)22/h8-9,15-17,20,24H,4-7,10-14H2,1-3H3/t16-,20-/m1/s1. The fourth-order valence-electron chi connectivity index (χ4n) is 4.47. The Morgan fingerprint density at radius 3 is 2.90 bits per heavy atom. The highest BCUT2D eigenvalue weighted by Gasteiger charge is 2.40. The van der Waals surface area contributed by atoms with Crippen LogP contribution in [-0.4, -0.2) is 73.0 Å². The first kappa shape index (κ1) is 22.0. The van der Waals surface area contributed by atoms with E-state index in [1.807, 2.05) is 11.0 Å². The van der Waals surface area contributed by atoms with Gasteiger partial charge in [-0.3, -0.25) is 9.78 Å². The minimum absolute atomic E-state index is 0.0751. The van der Waals surface area contributed by atoms with E-state index in [1.165, 1.54) is 0 Å². The van der Waals surface area contributed by atoms with Gasteiger partial charge in [0.1, 0.15) is 17.4 Å². The van der Waals surface area contributed by atoms with Gasteiger partial charge in [-0.1, -0.05) is 0 Å².